The molecule has 150 valence electrons. The van der Waals surface area contributed by atoms with Gasteiger partial charge < -0.3 is 20.5 Å². The summed E-state index contributed by atoms with van der Waals surface area (Å²) < 4.78 is 12.6. The van der Waals surface area contributed by atoms with Crippen LogP contribution in [0.2, 0.25) is 0 Å². The lowest BCUT2D eigenvalue weighted by molar-refractivity contribution is 0.174. The standard InChI is InChI=1S/C21H24N6O2/c1-12(2)19-17(10-23-19)27-21-18(20(22)24-11-25-21)16(26-27)6-5-13-7-14(28-3)9-15(8-13)29-4/h7-9,11-12,17,19,23H,10H2,1-4H3,(H2,22,24,25). The molecule has 8 heteroatoms. The molecule has 1 fully saturated rings. The minimum Gasteiger partial charge on any atom is -0.497 e. The van der Waals surface area contributed by atoms with E-state index >= 15 is 0 Å². The summed E-state index contributed by atoms with van der Waals surface area (Å²) in [5.74, 6) is 8.48. The van der Waals surface area contributed by atoms with Crippen molar-refractivity contribution >= 4 is 16.9 Å². The molecular weight excluding hydrogens is 368 g/mol. The number of methoxy groups -OCH3 is 2. The number of rotatable bonds is 4. The summed E-state index contributed by atoms with van der Waals surface area (Å²) in [5, 5.41) is 8.91. The third kappa shape index (κ3) is 3.45. The zero-order valence-electron chi connectivity index (χ0n) is 16.9. The number of nitrogens with one attached hydrogen (secondary N) is 1. The molecule has 8 nitrogen and oxygen atoms in total. The summed E-state index contributed by atoms with van der Waals surface area (Å²) >= 11 is 0. The molecule has 2 unspecified atom stereocenters. The number of aromatic nitrogens is 4. The van der Waals surface area contributed by atoms with Crippen LogP contribution in [0.4, 0.5) is 5.82 Å². The molecule has 0 spiro atoms. The van der Waals surface area contributed by atoms with Gasteiger partial charge in [0, 0.05) is 24.2 Å². The van der Waals surface area contributed by atoms with Gasteiger partial charge in [-0.05, 0) is 24.0 Å². The van der Waals surface area contributed by atoms with E-state index in [1.807, 2.05) is 16.8 Å². The third-order valence-electron chi connectivity index (χ3n) is 5.20. The first-order valence-corrected chi connectivity index (χ1v) is 9.49. The Morgan fingerprint density at radius 1 is 1.14 bits per heavy atom. The average molecular weight is 392 g/mol. The van der Waals surface area contributed by atoms with Gasteiger partial charge in [-0.3, -0.25) is 0 Å². The lowest BCUT2D eigenvalue weighted by atomic mass is 9.90. The number of nitrogens with zero attached hydrogens (tertiary/aromatic N) is 4. The van der Waals surface area contributed by atoms with Crippen LogP contribution in [0.25, 0.3) is 11.0 Å². The minimum absolute atomic E-state index is 0.208. The van der Waals surface area contributed by atoms with Crippen LogP contribution in [-0.4, -0.2) is 46.6 Å². The van der Waals surface area contributed by atoms with Crippen molar-refractivity contribution in [1.82, 2.24) is 25.1 Å². The molecule has 29 heavy (non-hydrogen) atoms. The highest BCUT2D eigenvalue weighted by Gasteiger charge is 2.36. The van der Waals surface area contributed by atoms with Crippen LogP contribution in [0.3, 0.4) is 0 Å². The van der Waals surface area contributed by atoms with E-state index < -0.39 is 0 Å². The molecule has 4 rings (SSSR count). The van der Waals surface area contributed by atoms with Gasteiger partial charge in [0.2, 0.25) is 0 Å². The number of benzene rings is 1. The van der Waals surface area contributed by atoms with E-state index in [0.29, 0.717) is 46.0 Å². The number of anilines is 1. The van der Waals surface area contributed by atoms with Crippen LogP contribution >= 0.6 is 0 Å². The van der Waals surface area contributed by atoms with Crippen molar-refractivity contribution < 1.29 is 9.47 Å². The molecule has 0 amide bonds. The second-order valence-electron chi connectivity index (χ2n) is 7.35. The van der Waals surface area contributed by atoms with E-state index in [1.54, 1.807) is 20.3 Å². The first-order chi connectivity index (χ1) is 14.0. The maximum atomic E-state index is 6.16. The average Bonchev–Trinajstić information content (AvgIpc) is 3.04. The highest BCUT2D eigenvalue weighted by Crippen LogP contribution is 2.30. The van der Waals surface area contributed by atoms with E-state index in [2.05, 4.69) is 41.0 Å². The van der Waals surface area contributed by atoms with E-state index in [0.717, 1.165) is 12.1 Å². The molecule has 2 atom stereocenters. The number of nitrogens with two attached hydrogens (primary N) is 1. The lowest BCUT2D eigenvalue weighted by Crippen LogP contribution is -2.56. The van der Waals surface area contributed by atoms with Crippen molar-refractivity contribution in [1.29, 1.82) is 0 Å². The third-order valence-corrected chi connectivity index (χ3v) is 5.20. The van der Waals surface area contributed by atoms with Gasteiger partial charge in [0.15, 0.2) is 5.65 Å². The first kappa shape index (κ1) is 19.0. The van der Waals surface area contributed by atoms with Gasteiger partial charge in [0.05, 0.1) is 25.6 Å². The summed E-state index contributed by atoms with van der Waals surface area (Å²) in [4.78, 5) is 8.58. The Balaban J connectivity index is 1.79. The SMILES string of the molecule is COc1cc(C#Cc2nn(C3CNC3C(C)C)c3ncnc(N)c23)cc(OC)c1. The fraction of sp³-hybridized carbons (Fsp3) is 0.381. The Morgan fingerprint density at radius 3 is 2.45 bits per heavy atom. The monoisotopic (exact) mass is 392 g/mol. The summed E-state index contributed by atoms with van der Waals surface area (Å²) in [6, 6.07) is 6.03. The van der Waals surface area contributed by atoms with Crippen molar-refractivity contribution in [2.24, 2.45) is 5.92 Å². The van der Waals surface area contributed by atoms with E-state index in [-0.39, 0.29) is 6.04 Å². The van der Waals surface area contributed by atoms with E-state index in [1.165, 1.54) is 6.33 Å². The number of hydrogen-bond acceptors (Lipinski definition) is 7. The molecule has 0 aliphatic carbocycles. The van der Waals surface area contributed by atoms with Gasteiger partial charge in [-0.15, -0.1) is 0 Å². The Labute approximate surface area is 169 Å². The molecule has 3 N–H and O–H groups in total. The lowest BCUT2D eigenvalue weighted by Gasteiger charge is -2.40. The molecular formula is C21H24N6O2. The number of ether oxygens (including phenoxy) is 2. The molecule has 1 aliphatic rings. The van der Waals surface area contributed by atoms with Crippen LogP contribution in [-0.2, 0) is 0 Å². The van der Waals surface area contributed by atoms with Crippen LogP contribution in [0.1, 0.15) is 31.1 Å². The molecule has 3 heterocycles. The quantitative estimate of drug-likeness (QED) is 0.655. The maximum Gasteiger partial charge on any atom is 0.165 e. The Morgan fingerprint density at radius 2 is 1.86 bits per heavy atom. The highest BCUT2D eigenvalue weighted by atomic mass is 16.5. The highest BCUT2D eigenvalue weighted by molar-refractivity contribution is 5.90. The summed E-state index contributed by atoms with van der Waals surface area (Å²) in [7, 11) is 3.22. The predicted molar refractivity (Wildman–Crippen MR) is 111 cm³/mol. The largest absolute Gasteiger partial charge is 0.497 e. The molecule has 1 aliphatic heterocycles. The van der Waals surface area contributed by atoms with Crippen LogP contribution < -0.4 is 20.5 Å². The maximum absolute atomic E-state index is 6.16. The van der Waals surface area contributed by atoms with Crippen molar-refractivity contribution in [2.75, 3.05) is 26.5 Å². The number of hydrogen-bond donors (Lipinski definition) is 2. The van der Waals surface area contributed by atoms with Crippen LogP contribution in [0.15, 0.2) is 24.5 Å². The second kappa shape index (κ2) is 7.60. The molecule has 2 aromatic heterocycles. The fourth-order valence-electron chi connectivity index (χ4n) is 3.60. The van der Waals surface area contributed by atoms with Gasteiger partial charge in [-0.2, -0.15) is 5.10 Å². The van der Waals surface area contributed by atoms with E-state index in [4.69, 9.17) is 20.3 Å². The van der Waals surface area contributed by atoms with Crippen molar-refractivity contribution in [3.05, 3.63) is 35.8 Å². The Hall–Kier alpha value is -3.31. The Kier molecular flexibility index (Phi) is 4.99. The smallest absolute Gasteiger partial charge is 0.165 e. The normalized spacial score (nSPS) is 18.2. The number of nitrogen functional groups attached to an aromatic ring is 1. The molecule has 0 saturated carbocycles. The topological polar surface area (TPSA) is 100 Å². The first-order valence-electron chi connectivity index (χ1n) is 9.49. The summed E-state index contributed by atoms with van der Waals surface area (Å²) in [6.45, 7) is 5.22. The van der Waals surface area contributed by atoms with E-state index in [9.17, 15) is 0 Å². The fourth-order valence-corrected chi connectivity index (χ4v) is 3.60. The molecule has 0 bridgehead atoms. The number of fused-ring (bicyclic) bond motifs is 1. The van der Waals surface area contributed by atoms with Gasteiger partial charge in [-0.25, -0.2) is 14.6 Å². The predicted octanol–water partition coefficient (Wildman–Crippen LogP) is 1.99. The van der Waals surface area contributed by atoms with Crippen molar-refractivity contribution in [3.63, 3.8) is 0 Å². The second-order valence-corrected chi connectivity index (χ2v) is 7.35. The minimum atomic E-state index is 0.208. The van der Waals surface area contributed by atoms with Crippen LogP contribution in [0.5, 0.6) is 11.5 Å². The molecule has 1 aromatic carbocycles. The zero-order chi connectivity index (χ0) is 20.5. The van der Waals surface area contributed by atoms with Crippen molar-refractivity contribution in [3.8, 4) is 23.3 Å². The van der Waals surface area contributed by atoms with Gasteiger partial charge in [0.1, 0.15) is 29.3 Å². The summed E-state index contributed by atoms with van der Waals surface area (Å²) in [5.41, 5.74) is 8.19. The Bertz CT molecular complexity index is 1090. The zero-order valence-corrected chi connectivity index (χ0v) is 16.9. The van der Waals surface area contributed by atoms with Crippen LogP contribution in [0, 0.1) is 17.8 Å². The van der Waals surface area contributed by atoms with Gasteiger partial charge in [0.25, 0.3) is 0 Å². The summed E-state index contributed by atoms with van der Waals surface area (Å²) in [6.07, 6.45) is 1.47. The molecule has 0 radical (unpaired) electrons. The van der Waals surface area contributed by atoms with Crippen molar-refractivity contribution in [2.45, 2.75) is 25.9 Å². The molecule has 3 aromatic rings. The molecule has 1 saturated heterocycles. The van der Waals surface area contributed by atoms with Gasteiger partial charge in [-0.1, -0.05) is 19.8 Å². The van der Waals surface area contributed by atoms with Gasteiger partial charge >= 0.3 is 0 Å².